The summed E-state index contributed by atoms with van der Waals surface area (Å²) in [5.74, 6) is 0.0597. The molecule has 0 aliphatic carbocycles. The molecule has 2 aromatic rings. The van der Waals surface area contributed by atoms with E-state index >= 15 is 0 Å². The maximum Gasteiger partial charge on any atom is 0.237 e. The number of amides is 1. The summed E-state index contributed by atoms with van der Waals surface area (Å²) in [5, 5.41) is 6.31. The van der Waals surface area contributed by atoms with Crippen LogP contribution < -0.4 is 10.6 Å². The first-order valence-electron chi connectivity index (χ1n) is 7.05. The predicted molar refractivity (Wildman–Crippen MR) is 86.8 cm³/mol. The minimum absolute atomic E-state index is 0.0597. The summed E-state index contributed by atoms with van der Waals surface area (Å²) in [6, 6.07) is 16.1. The molecule has 1 atom stereocenters. The van der Waals surface area contributed by atoms with Gasteiger partial charge in [-0.2, -0.15) is 0 Å². The van der Waals surface area contributed by atoms with Gasteiger partial charge >= 0.3 is 0 Å². The molecule has 0 radical (unpaired) electrons. The molecule has 1 amide bonds. The Morgan fingerprint density at radius 2 is 2.00 bits per heavy atom. The quantitative estimate of drug-likeness (QED) is 0.898. The van der Waals surface area contributed by atoms with Crippen LogP contribution in [0.3, 0.4) is 0 Å². The summed E-state index contributed by atoms with van der Waals surface area (Å²) < 4.78 is 1.03. The highest BCUT2D eigenvalue weighted by molar-refractivity contribution is 9.10. The van der Waals surface area contributed by atoms with E-state index in [2.05, 4.69) is 38.7 Å². The minimum atomic E-state index is -0.146. The summed E-state index contributed by atoms with van der Waals surface area (Å²) in [5.41, 5.74) is 3.64. The number of carbonyl (C=O) groups excluding carboxylic acids is 1. The molecule has 0 bridgehead atoms. The van der Waals surface area contributed by atoms with E-state index in [1.54, 1.807) is 0 Å². The van der Waals surface area contributed by atoms with Crippen molar-refractivity contribution in [1.29, 1.82) is 0 Å². The Morgan fingerprint density at radius 3 is 2.81 bits per heavy atom. The van der Waals surface area contributed by atoms with Crippen molar-refractivity contribution in [2.45, 2.75) is 25.6 Å². The third kappa shape index (κ3) is 3.52. The molecular weight excluding hydrogens is 328 g/mol. The van der Waals surface area contributed by atoms with Crippen LogP contribution in [0, 0.1) is 0 Å². The Hall–Kier alpha value is -1.65. The van der Waals surface area contributed by atoms with Crippen LogP contribution in [0.15, 0.2) is 53.0 Å². The van der Waals surface area contributed by atoms with Gasteiger partial charge in [-0.25, -0.2) is 0 Å². The van der Waals surface area contributed by atoms with Gasteiger partial charge in [0.2, 0.25) is 5.91 Å². The molecule has 2 N–H and O–H groups in total. The van der Waals surface area contributed by atoms with E-state index in [4.69, 9.17) is 0 Å². The molecule has 0 spiro atoms. The lowest BCUT2D eigenvalue weighted by atomic mass is 9.95. The Kier molecular flexibility index (Phi) is 4.36. The minimum Gasteiger partial charge on any atom is -0.351 e. The largest absolute Gasteiger partial charge is 0.351 e. The second-order valence-corrected chi connectivity index (χ2v) is 6.17. The van der Waals surface area contributed by atoms with Crippen molar-refractivity contribution in [2.75, 3.05) is 0 Å². The van der Waals surface area contributed by atoms with Crippen LogP contribution in [0.4, 0.5) is 0 Å². The molecule has 2 aromatic carbocycles. The first-order valence-corrected chi connectivity index (χ1v) is 7.84. The molecule has 1 aliphatic rings. The highest BCUT2D eigenvalue weighted by Gasteiger charge is 2.23. The van der Waals surface area contributed by atoms with Crippen molar-refractivity contribution >= 4 is 21.8 Å². The van der Waals surface area contributed by atoms with E-state index in [1.165, 1.54) is 11.1 Å². The SMILES string of the molecule is O=C(NCc1cccc(Br)c1)[C@H]1Cc2ccccc2CN1. The maximum absolute atomic E-state index is 12.3. The Balaban J connectivity index is 1.59. The van der Waals surface area contributed by atoms with Gasteiger partial charge in [0.05, 0.1) is 6.04 Å². The number of carbonyl (C=O) groups is 1. The fourth-order valence-electron chi connectivity index (χ4n) is 2.60. The molecule has 1 heterocycles. The van der Waals surface area contributed by atoms with E-state index in [1.807, 2.05) is 36.4 Å². The van der Waals surface area contributed by atoms with Gasteiger partial charge in [-0.05, 0) is 35.2 Å². The van der Waals surface area contributed by atoms with Gasteiger partial charge < -0.3 is 10.6 Å². The zero-order valence-electron chi connectivity index (χ0n) is 11.6. The summed E-state index contributed by atoms with van der Waals surface area (Å²) in [6.45, 7) is 1.31. The molecule has 3 rings (SSSR count). The zero-order valence-corrected chi connectivity index (χ0v) is 13.2. The monoisotopic (exact) mass is 344 g/mol. The molecule has 0 saturated carbocycles. The van der Waals surface area contributed by atoms with Gasteiger partial charge in [-0.1, -0.05) is 52.3 Å². The molecule has 0 aromatic heterocycles. The smallest absolute Gasteiger partial charge is 0.237 e. The average Bonchev–Trinajstić information content (AvgIpc) is 2.52. The zero-order chi connectivity index (χ0) is 14.7. The Morgan fingerprint density at radius 1 is 1.19 bits per heavy atom. The van der Waals surface area contributed by atoms with Crippen LogP contribution in [-0.2, 0) is 24.3 Å². The number of hydrogen-bond donors (Lipinski definition) is 2. The van der Waals surface area contributed by atoms with Gasteiger partial charge in [0.1, 0.15) is 0 Å². The summed E-state index contributed by atoms with van der Waals surface area (Å²) in [6.07, 6.45) is 0.750. The summed E-state index contributed by atoms with van der Waals surface area (Å²) >= 11 is 3.44. The molecule has 0 unspecified atom stereocenters. The lowest BCUT2D eigenvalue weighted by Gasteiger charge is -2.25. The van der Waals surface area contributed by atoms with Crippen molar-refractivity contribution in [3.63, 3.8) is 0 Å². The fourth-order valence-corrected chi connectivity index (χ4v) is 3.05. The molecule has 3 nitrogen and oxygen atoms in total. The van der Waals surface area contributed by atoms with Crippen LogP contribution in [0.2, 0.25) is 0 Å². The molecule has 0 fully saturated rings. The predicted octanol–water partition coefficient (Wildman–Crippen LogP) is 2.78. The van der Waals surface area contributed by atoms with Crippen LogP contribution >= 0.6 is 15.9 Å². The van der Waals surface area contributed by atoms with E-state index < -0.39 is 0 Å². The Labute approximate surface area is 132 Å². The van der Waals surface area contributed by atoms with E-state index in [-0.39, 0.29) is 11.9 Å². The standard InChI is InChI=1S/C17H17BrN2O/c18-15-7-3-4-12(8-15)10-20-17(21)16-9-13-5-1-2-6-14(13)11-19-16/h1-8,16,19H,9-11H2,(H,20,21)/t16-/m1/s1. The number of fused-ring (bicyclic) bond motifs is 1. The van der Waals surface area contributed by atoms with Gasteiger partial charge in [0.25, 0.3) is 0 Å². The number of rotatable bonds is 3. The fraction of sp³-hybridized carbons (Fsp3) is 0.235. The van der Waals surface area contributed by atoms with Crippen molar-refractivity contribution in [2.24, 2.45) is 0 Å². The van der Waals surface area contributed by atoms with Crippen LogP contribution in [-0.4, -0.2) is 11.9 Å². The van der Waals surface area contributed by atoms with Crippen molar-refractivity contribution in [1.82, 2.24) is 10.6 Å². The third-order valence-corrected chi connectivity index (χ3v) is 4.25. The molecule has 21 heavy (non-hydrogen) atoms. The topological polar surface area (TPSA) is 41.1 Å². The highest BCUT2D eigenvalue weighted by atomic mass is 79.9. The third-order valence-electron chi connectivity index (χ3n) is 3.75. The normalized spacial score (nSPS) is 17.1. The van der Waals surface area contributed by atoms with Gasteiger partial charge in [0, 0.05) is 17.6 Å². The number of hydrogen-bond acceptors (Lipinski definition) is 2. The Bertz CT molecular complexity index is 657. The summed E-state index contributed by atoms with van der Waals surface area (Å²) in [4.78, 5) is 12.3. The lowest BCUT2D eigenvalue weighted by molar-refractivity contribution is -0.123. The van der Waals surface area contributed by atoms with Crippen LogP contribution in [0.5, 0.6) is 0 Å². The maximum atomic E-state index is 12.3. The van der Waals surface area contributed by atoms with E-state index in [9.17, 15) is 4.79 Å². The first-order chi connectivity index (χ1) is 10.2. The van der Waals surface area contributed by atoms with Crippen LogP contribution in [0.1, 0.15) is 16.7 Å². The molecule has 1 aliphatic heterocycles. The van der Waals surface area contributed by atoms with Crippen molar-refractivity contribution in [3.05, 3.63) is 69.7 Å². The van der Waals surface area contributed by atoms with E-state index in [0.29, 0.717) is 6.54 Å². The number of benzene rings is 2. The van der Waals surface area contributed by atoms with Gasteiger partial charge in [-0.3, -0.25) is 4.79 Å². The first kappa shape index (κ1) is 14.3. The molecule has 108 valence electrons. The molecule has 4 heteroatoms. The van der Waals surface area contributed by atoms with Gasteiger partial charge in [-0.15, -0.1) is 0 Å². The molecular formula is C17H17BrN2O. The second-order valence-electron chi connectivity index (χ2n) is 5.25. The van der Waals surface area contributed by atoms with E-state index in [0.717, 1.165) is 23.0 Å². The number of nitrogens with one attached hydrogen (secondary N) is 2. The van der Waals surface area contributed by atoms with Gasteiger partial charge in [0.15, 0.2) is 0 Å². The van der Waals surface area contributed by atoms with Crippen molar-refractivity contribution < 1.29 is 4.79 Å². The van der Waals surface area contributed by atoms with Crippen molar-refractivity contribution in [3.8, 4) is 0 Å². The molecule has 0 saturated heterocycles. The lowest BCUT2D eigenvalue weighted by Crippen LogP contribution is -2.47. The highest BCUT2D eigenvalue weighted by Crippen LogP contribution is 2.16. The average molecular weight is 345 g/mol. The summed E-state index contributed by atoms with van der Waals surface area (Å²) in [7, 11) is 0. The van der Waals surface area contributed by atoms with Crippen LogP contribution in [0.25, 0.3) is 0 Å². The number of halogens is 1. The second kappa shape index (κ2) is 6.41.